The lowest BCUT2D eigenvalue weighted by Crippen LogP contribution is -2.35. The quantitative estimate of drug-likeness (QED) is 0.593. The van der Waals surface area contributed by atoms with Gasteiger partial charge in [-0.25, -0.2) is 13.2 Å². The van der Waals surface area contributed by atoms with E-state index in [1.807, 2.05) is 0 Å². The number of sulfonamides is 1. The number of fused-ring (bicyclic) bond motifs is 1. The summed E-state index contributed by atoms with van der Waals surface area (Å²) >= 11 is 1.56. The Morgan fingerprint density at radius 1 is 1.09 bits per heavy atom. The molecule has 1 N–H and O–H groups in total. The van der Waals surface area contributed by atoms with E-state index in [-0.39, 0.29) is 10.6 Å². The number of hydrogen-bond acceptors (Lipinski definition) is 7. The average Bonchev–Trinajstić information content (AvgIpc) is 3.27. The molecule has 2 aliphatic rings. The van der Waals surface area contributed by atoms with Crippen LogP contribution in [0.4, 0.5) is 5.69 Å². The van der Waals surface area contributed by atoms with Gasteiger partial charge < -0.3 is 14.8 Å². The van der Waals surface area contributed by atoms with Crippen LogP contribution in [0.2, 0.25) is 0 Å². The lowest BCUT2D eigenvalue weighted by atomic mass is 9.96. The summed E-state index contributed by atoms with van der Waals surface area (Å²) in [5.74, 6) is -0.768. The van der Waals surface area contributed by atoms with E-state index in [1.54, 1.807) is 16.7 Å². The van der Waals surface area contributed by atoms with Gasteiger partial charge in [-0.05, 0) is 62.3 Å². The molecule has 10 heteroatoms. The van der Waals surface area contributed by atoms with Crippen molar-refractivity contribution in [1.82, 2.24) is 4.31 Å². The van der Waals surface area contributed by atoms with Gasteiger partial charge in [-0.3, -0.25) is 4.79 Å². The number of thiophene rings is 1. The Bertz CT molecular complexity index is 1140. The van der Waals surface area contributed by atoms with Crippen LogP contribution < -0.4 is 10.1 Å². The van der Waals surface area contributed by atoms with Crippen LogP contribution in [0.15, 0.2) is 28.5 Å². The molecule has 0 bridgehead atoms. The van der Waals surface area contributed by atoms with Crippen LogP contribution in [0.1, 0.15) is 52.9 Å². The predicted octanol–water partition coefficient (Wildman–Crippen LogP) is 3.61. The standard InChI is InChI=1S/C23H28N2O6S2/c1-30-20-10-9-16(33(28,29)25-11-5-2-6-12-25)13-19(20)24-22(26)14-31-23(27)18-15-32-21-8-4-3-7-17(18)21/h9-10,13,15H,2-8,11-12,14H2,1H3,(H,24,26). The van der Waals surface area contributed by atoms with E-state index in [0.29, 0.717) is 24.4 Å². The molecule has 2 heterocycles. The van der Waals surface area contributed by atoms with Gasteiger partial charge in [0.1, 0.15) is 5.75 Å². The molecule has 8 nitrogen and oxygen atoms in total. The number of hydrogen-bond donors (Lipinski definition) is 1. The molecular formula is C23H28N2O6S2. The van der Waals surface area contributed by atoms with E-state index < -0.39 is 28.5 Å². The summed E-state index contributed by atoms with van der Waals surface area (Å²) < 4.78 is 38.0. The second kappa shape index (κ2) is 10.2. The van der Waals surface area contributed by atoms with Crippen LogP contribution in [0, 0.1) is 0 Å². The Balaban J connectivity index is 1.43. The normalized spacial score (nSPS) is 16.6. The van der Waals surface area contributed by atoms with Gasteiger partial charge >= 0.3 is 5.97 Å². The zero-order chi connectivity index (χ0) is 23.4. The third-order valence-corrected chi connectivity index (χ3v) is 9.00. The SMILES string of the molecule is COc1ccc(S(=O)(=O)N2CCCCC2)cc1NC(=O)COC(=O)c1csc2c1CCCC2. The summed E-state index contributed by atoms with van der Waals surface area (Å²) in [5, 5.41) is 4.42. The largest absolute Gasteiger partial charge is 0.495 e. The van der Waals surface area contributed by atoms with Crippen molar-refractivity contribution >= 4 is 38.9 Å². The first-order chi connectivity index (χ1) is 15.9. The third-order valence-electron chi connectivity index (χ3n) is 6.01. The van der Waals surface area contributed by atoms with E-state index in [9.17, 15) is 18.0 Å². The molecule has 0 saturated carbocycles. The lowest BCUT2D eigenvalue weighted by molar-refractivity contribution is -0.119. The van der Waals surface area contributed by atoms with E-state index in [2.05, 4.69) is 5.32 Å². The minimum atomic E-state index is -3.67. The average molecular weight is 493 g/mol. The number of aryl methyl sites for hydroxylation is 1. The summed E-state index contributed by atoms with van der Waals surface area (Å²) in [6, 6.07) is 4.37. The number of carbonyl (C=O) groups is 2. The predicted molar refractivity (Wildman–Crippen MR) is 125 cm³/mol. The van der Waals surface area contributed by atoms with Gasteiger partial charge in [-0.15, -0.1) is 11.3 Å². The molecule has 1 aromatic carbocycles. The second-order valence-corrected chi connectivity index (χ2v) is 11.1. The summed E-state index contributed by atoms with van der Waals surface area (Å²) in [4.78, 5) is 26.3. The monoisotopic (exact) mass is 492 g/mol. The minimum Gasteiger partial charge on any atom is -0.495 e. The number of anilines is 1. The van der Waals surface area contributed by atoms with E-state index >= 15 is 0 Å². The van der Waals surface area contributed by atoms with Gasteiger partial charge in [0.2, 0.25) is 10.0 Å². The molecule has 33 heavy (non-hydrogen) atoms. The summed E-state index contributed by atoms with van der Waals surface area (Å²) in [6.45, 7) is 0.492. The molecule has 0 atom stereocenters. The fourth-order valence-electron chi connectivity index (χ4n) is 4.26. The zero-order valence-corrected chi connectivity index (χ0v) is 20.2. The Morgan fingerprint density at radius 2 is 1.85 bits per heavy atom. The van der Waals surface area contributed by atoms with Crippen LogP contribution in [0.5, 0.6) is 5.75 Å². The molecule has 178 valence electrons. The van der Waals surface area contributed by atoms with E-state index in [1.165, 1.54) is 34.5 Å². The maximum Gasteiger partial charge on any atom is 0.339 e. The van der Waals surface area contributed by atoms with Crippen molar-refractivity contribution in [3.63, 3.8) is 0 Å². The molecule has 1 aliphatic carbocycles. The van der Waals surface area contributed by atoms with Gasteiger partial charge in [0.15, 0.2) is 6.61 Å². The maximum absolute atomic E-state index is 13.0. The van der Waals surface area contributed by atoms with Crippen LogP contribution in [0.3, 0.4) is 0 Å². The number of esters is 1. The maximum atomic E-state index is 13.0. The van der Waals surface area contributed by atoms with Crippen molar-refractivity contribution in [2.45, 2.75) is 49.8 Å². The smallest absolute Gasteiger partial charge is 0.339 e. The molecule has 0 radical (unpaired) electrons. The van der Waals surface area contributed by atoms with Gasteiger partial charge in [0.05, 0.1) is 23.3 Å². The lowest BCUT2D eigenvalue weighted by Gasteiger charge is -2.26. The highest BCUT2D eigenvalue weighted by molar-refractivity contribution is 7.89. The highest BCUT2D eigenvalue weighted by atomic mass is 32.2. The highest BCUT2D eigenvalue weighted by Crippen LogP contribution is 2.31. The number of nitrogens with one attached hydrogen (secondary N) is 1. The molecule has 0 spiro atoms. The Morgan fingerprint density at radius 3 is 2.61 bits per heavy atom. The molecule has 1 fully saturated rings. The number of carbonyl (C=O) groups excluding carboxylic acids is 2. The number of ether oxygens (including phenoxy) is 2. The van der Waals surface area contributed by atoms with Crippen molar-refractivity contribution < 1.29 is 27.5 Å². The Hall–Kier alpha value is -2.43. The summed E-state index contributed by atoms with van der Waals surface area (Å²) in [7, 11) is -2.23. The molecule has 1 aliphatic heterocycles. The number of rotatable bonds is 7. The minimum absolute atomic E-state index is 0.0856. The molecular weight excluding hydrogens is 464 g/mol. The van der Waals surface area contributed by atoms with Gasteiger partial charge in [-0.2, -0.15) is 4.31 Å². The fourth-order valence-corrected chi connectivity index (χ4v) is 6.92. The molecule has 2 aromatic rings. The van der Waals surface area contributed by atoms with E-state index in [4.69, 9.17) is 9.47 Å². The summed E-state index contributed by atoms with van der Waals surface area (Å²) in [5.41, 5.74) is 1.79. The molecule has 1 amide bonds. The van der Waals surface area contributed by atoms with Crippen molar-refractivity contribution in [3.05, 3.63) is 39.6 Å². The van der Waals surface area contributed by atoms with Crippen molar-refractivity contribution in [1.29, 1.82) is 0 Å². The van der Waals surface area contributed by atoms with Crippen LogP contribution >= 0.6 is 11.3 Å². The number of benzene rings is 1. The van der Waals surface area contributed by atoms with Gasteiger partial charge in [-0.1, -0.05) is 6.42 Å². The van der Waals surface area contributed by atoms with Gasteiger partial charge in [0, 0.05) is 23.3 Å². The zero-order valence-electron chi connectivity index (χ0n) is 18.6. The van der Waals surface area contributed by atoms with Crippen LogP contribution in [-0.2, 0) is 32.4 Å². The van der Waals surface area contributed by atoms with Gasteiger partial charge in [0.25, 0.3) is 5.91 Å². The van der Waals surface area contributed by atoms with Crippen molar-refractivity contribution in [3.8, 4) is 5.75 Å². The molecule has 1 aromatic heterocycles. The molecule has 0 unspecified atom stereocenters. The Labute approximate surface area is 197 Å². The highest BCUT2D eigenvalue weighted by Gasteiger charge is 2.27. The first-order valence-electron chi connectivity index (χ1n) is 11.1. The molecule has 1 saturated heterocycles. The third kappa shape index (κ3) is 5.23. The topological polar surface area (TPSA) is 102 Å². The van der Waals surface area contributed by atoms with Crippen molar-refractivity contribution in [2.75, 3.05) is 32.1 Å². The first kappa shape index (κ1) is 23.7. The first-order valence-corrected chi connectivity index (χ1v) is 13.5. The Kier molecular flexibility index (Phi) is 7.35. The van der Waals surface area contributed by atoms with Crippen molar-refractivity contribution in [2.24, 2.45) is 0 Å². The number of methoxy groups -OCH3 is 1. The van der Waals surface area contributed by atoms with Crippen LogP contribution in [0.25, 0.3) is 0 Å². The van der Waals surface area contributed by atoms with Crippen LogP contribution in [-0.4, -0.2) is 51.4 Å². The second-order valence-electron chi connectivity index (χ2n) is 8.21. The number of nitrogens with zero attached hydrogens (tertiary/aromatic N) is 1. The van der Waals surface area contributed by atoms with E-state index in [0.717, 1.165) is 50.5 Å². The summed E-state index contributed by atoms with van der Waals surface area (Å²) in [6.07, 6.45) is 6.67. The molecule has 4 rings (SSSR count). The number of amides is 1. The number of piperidine rings is 1. The fraction of sp³-hybridized carbons (Fsp3) is 0.478.